The monoisotopic (exact) mass is 301 g/mol. The Labute approximate surface area is 120 Å². The molecular formula is C13H23N3O3S. The fraction of sp³-hybridized carbons (Fsp3) is 0.769. The molecule has 0 bridgehead atoms. The minimum atomic E-state index is -3.07. The van der Waals surface area contributed by atoms with Crippen LogP contribution < -0.4 is 0 Å². The van der Waals surface area contributed by atoms with Crippen molar-refractivity contribution >= 4 is 10.0 Å². The van der Waals surface area contributed by atoms with E-state index in [1.165, 1.54) is 10.6 Å². The maximum absolute atomic E-state index is 11.4. The fourth-order valence-corrected chi connectivity index (χ4v) is 3.02. The van der Waals surface area contributed by atoms with E-state index in [0.717, 1.165) is 43.9 Å². The van der Waals surface area contributed by atoms with Crippen LogP contribution in [0.15, 0.2) is 10.6 Å². The molecule has 20 heavy (non-hydrogen) atoms. The smallest absolute Gasteiger partial charge is 0.210 e. The molecule has 0 atom stereocenters. The van der Waals surface area contributed by atoms with Crippen LogP contribution in [-0.2, 0) is 16.6 Å². The molecule has 0 aliphatic carbocycles. The maximum atomic E-state index is 11.4. The van der Waals surface area contributed by atoms with Crippen LogP contribution in [0, 0.1) is 12.8 Å². The lowest BCUT2D eigenvalue weighted by molar-refractivity contribution is 0.153. The van der Waals surface area contributed by atoms with Crippen LogP contribution >= 0.6 is 0 Å². The quantitative estimate of drug-likeness (QED) is 0.814. The largest absolute Gasteiger partial charge is 0.360 e. The molecule has 1 aliphatic heterocycles. The molecule has 1 aromatic rings. The van der Waals surface area contributed by atoms with Gasteiger partial charge in [0.2, 0.25) is 10.0 Å². The van der Waals surface area contributed by atoms with Crippen molar-refractivity contribution < 1.29 is 12.9 Å². The molecule has 2 heterocycles. The van der Waals surface area contributed by atoms with E-state index < -0.39 is 10.0 Å². The predicted octanol–water partition coefficient (Wildman–Crippen LogP) is 1.09. The summed E-state index contributed by atoms with van der Waals surface area (Å²) < 4.78 is 29.5. The van der Waals surface area contributed by atoms with E-state index in [-0.39, 0.29) is 0 Å². The zero-order chi connectivity index (χ0) is 14.8. The average Bonchev–Trinajstić information content (AvgIpc) is 2.76. The lowest BCUT2D eigenvalue weighted by atomic mass is 9.97. The van der Waals surface area contributed by atoms with E-state index in [4.69, 9.17) is 4.52 Å². The van der Waals surface area contributed by atoms with E-state index in [2.05, 4.69) is 10.1 Å². The van der Waals surface area contributed by atoms with Gasteiger partial charge in [-0.3, -0.25) is 4.90 Å². The number of aromatic nitrogens is 1. The van der Waals surface area contributed by atoms with Gasteiger partial charge in [-0.15, -0.1) is 0 Å². The number of rotatable bonds is 5. The van der Waals surface area contributed by atoms with Crippen LogP contribution in [-0.4, -0.2) is 55.7 Å². The van der Waals surface area contributed by atoms with Gasteiger partial charge >= 0.3 is 0 Å². The van der Waals surface area contributed by atoms with Gasteiger partial charge in [-0.2, -0.15) is 0 Å². The van der Waals surface area contributed by atoms with Gasteiger partial charge in [-0.05, 0) is 38.8 Å². The van der Waals surface area contributed by atoms with Crippen molar-refractivity contribution in [2.45, 2.75) is 26.3 Å². The summed E-state index contributed by atoms with van der Waals surface area (Å²) in [6.07, 6.45) is 3.30. The second-order valence-electron chi connectivity index (χ2n) is 5.70. The molecule has 1 aromatic heterocycles. The number of nitrogens with zero attached hydrogens (tertiary/aromatic N) is 3. The Morgan fingerprint density at radius 3 is 2.60 bits per heavy atom. The Bertz CT molecular complexity index is 533. The summed E-state index contributed by atoms with van der Waals surface area (Å²) >= 11 is 0. The van der Waals surface area contributed by atoms with E-state index in [9.17, 15) is 8.42 Å². The van der Waals surface area contributed by atoms with Gasteiger partial charge in [0, 0.05) is 19.7 Å². The highest BCUT2D eigenvalue weighted by Gasteiger charge is 2.23. The highest BCUT2D eigenvalue weighted by atomic mass is 32.2. The topological polar surface area (TPSA) is 66.7 Å². The number of sulfonamides is 1. The molecule has 2 rings (SSSR count). The Kier molecular flexibility index (Phi) is 4.82. The number of aryl methyl sites for hydroxylation is 1. The van der Waals surface area contributed by atoms with E-state index in [0.29, 0.717) is 12.5 Å². The van der Waals surface area contributed by atoms with Crippen molar-refractivity contribution in [1.29, 1.82) is 0 Å². The molecule has 0 unspecified atom stereocenters. The molecular weight excluding hydrogens is 278 g/mol. The summed E-state index contributed by atoms with van der Waals surface area (Å²) in [5.41, 5.74) is 0.907. The third-order valence-electron chi connectivity index (χ3n) is 3.84. The van der Waals surface area contributed by atoms with Crippen molar-refractivity contribution in [2.75, 3.05) is 32.9 Å². The van der Waals surface area contributed by atoms with Crippen LogP contribution in [0.5, 0.6) is 0 Å². The first-order valence-corrected chi connectivity index (χ1v) is 8.75. The van der Waals surface area contributed by atoms with Gasteiger partial charge in [-0.1, -0.05) is 5.16 Å². The van der Waals surface area contributed by atoms with Crippen molar-refractivity contribution in [1.82, 2.24) is 14.4 Å². The molecule has 0 radical (unpaired) electrons. The molecule has 7 heteroatoms. The molecule has 0 saturated carbocycles. The maximum Gasteiger partial charge on any atom is 0.210 e. The molecule has 0 N–H and O–H groups in total. The summed E-state index contributed by atoms with van der Waals surface area (Å²) in [6, 6.07) is 1.96. The van der Waals surface area contributed by atoms with Crippen molar-refractivity contribution in [3.8, 4) is 0 Å². The molecule has 0 spiro atoms. The number of piperidine rings is 1. The number of likely N-dealkylation sites (tertiary alicyclic amines) is 1. The number of hydrogen-bond acceptors (Lipinski definition) is 5. The highest BCUT2D eigenvalue weighted by molar-refractivity contribution is 7.88. The van der Waals surface area contributed by atoms with Gasteiger partial charge in [0.25, 0.3) is 0 Å². The summed E-state index contributed by atoms with van der Waals surface area (Å²) in [5.74, 6) is 1.34. The van der Waals surface area contributed by atoms with Crippen LogP contribution in [0.2, 0.25) is 0 Å². The standard InChI is InChI=1S/C13H23N3O3S/c1-11-8-13(19-14-11)10-16-6-4-12(5-7-16)9-15(2)20(3,17)18/h8,12H,4-7,9-10H2,1-3H3. The number of hydrogen-bond donors (Lipinski definition) is 0. The zero-order valence-electron chi connectivity index (χ0n) is 12.4. The van der Waals surface area contributed by atoms with Crippen LogP contribution in [0.25, 0.3) is 0 Å². The minimum absolute atomic E-state index is 0.447. The molecule has 1 saturated heterocycles. The average molecular weight is 301 g/mol. The van der Waals surface area contributed by atoms with Crippen molar-refractivity contribution in [2.24, 2.45) is 5.92 Å². The second-order valence-corrected chi connectivity index (χ2v) is 7.79. The van der Waals surface area contributed by atoms with Crippen LogP contribution in [0.4, 0.5) is 0 Å². The lowest BCUT2D eigenvalue weighted by Gasteiger charge is -2.32. The van der Waals surface area contributed by atoms with Crippen LogP contribution in [0.1, 0.15) is 24.3 Å². The summed E-state index contributed by atoms with van der Waals surface area (Å²) in [5, 5.41) is 3.89. The third kappa shape index (κ3) is 4.29. The van der Waals surface area contributed by atoms with Gasteiger partial charge in [0.15, 0.2) is 5.76 Å². The molecule has 114 valence electrons. The Morgan fingerprint density at radius 1 is 1.45 bits per heavy atom. The summed E-state index contributed by atoms with van der Waals surface area (Å²) in [6.45, 7) is 5.27. The first-order valence-electron chi connectivity index (χ1n) is 6.90. The van der Waals surface area contributed by atoms with Gasteiger partial charge < -0.3 is 4.52 Å². The molecule has 6 nitrogen and oxygen atoms in total. The summed E-state index contributed by atoms with van der Waals surface area (Å²) in [7, 11) is -1.41. The minimum Gasteiger partial charge on any atom is -0.360 e. The second kappa shape index (κ2) is 6.24. The van der Waals surface area contributed by atoms with Crippen molar-refractivity contribution in [3.05, 3.63) is 17.5 Å². The van der Waals surface area contributed by atoms with Gasteiger partial charge in [0.1, 0.15) is 0 Å². The Balaban J connectivity index is 1.78. The first kappa shape index (κ1) is 15.5. The molecule has 1 aliphatic rings. The van der Waals surface area contributed by atoms with E-state index in [1.54, 1.807) is 7.05 Å². The SMILES string of the molecule is Cc1cc(CN2CCC(CN(C)S(C)(=O)=O)CC2)on1. The highest BCUT2D eigenvalue weighted by Crippen LogP contribution is 2.20. The lowest BCUT2D eigenvalue weighted by Crippen LogP contribution is -2.38. The van der Waals surface area contributed by atoms with E-state index in [1.807, 2.05) is 13.0 Å². The Morgan fingerprint density at radius 2 is 2.10 bits per heavy atom. The summed E-state index contributed by atoms with van der Waals surface area (Å²) in [4.78, 5) is 2.33. The fourth-order valence-electron chi connectivity index (χ4n) is 2.54. The van der Waals surface area contributed by atoms with Gasteiger partial charge in [-0.25, -0.2) is 12.7 Å². The molecule has 0 amide bonds. The predicted molar refractivity (Wildman–Crippen MR) is 76.7 cm³/mol. The normalized spacial score (nSPS) is 18.8. The molecule has 1 fully saturated rings. The van der Waals surface area contributed by atoms with E-state index >= 15 is 0 Å². The van der Waals surface area contributed by atoms with Gasteiger partial charge in [0.05, 0.1) is 18.5 Å². The third-order valence-corrected chi connectivity index (χ3v) is 5.13. The first-order chi connectivity index (χ1) is 9.34. The zero-order valence-corrected chi connectivity index (χ0v) is 13.2. The van der Waals surface area contributed by atoms with Crippen LogP contribution in [0.3, 0.4) is 0 Å². The molecule has 0 aromatic carbocycles. The van der Waals surface area contributed by atoms with Crippen molar-refractivity contribution in [3.63, 3.8) is 0 Å². The Hall–Kier alpha value is -0.920.